The topological polar surface area (TPSA) is 0 Å². The molecule has 0 saturated heterocycles. The molecule has 7 rings (SSSR count). The predicted octanol–water partition coefficient (Wildman–Crippen LogP) is 11.9. The number of benzene rings is 1. The van der Waals surface area contributed by atoms with Gasteiger partial charge in [0.25, 0.3) is 0 Å². The summed E-state index contributed by atoms with van der Waals surface area (Å²) in [5.74, 6) is -34.0. The molecule has 0 bridgehead atoms. The summed E-state index contributed by atoms with van der Waals surface area (Å²) in [6, 6.07) is 9.24. The van der Waals surface area contributed by atoms with Crippen LogP contribution in [0.1, 0.15) is 41.7 Å². The Labute approximate surface area is 278 Å². The van der Waals surface area contributed by atoms with Crippen LogP contribution in [0.4, 0.5) is 52.7 Å². The van der Waals surface area contributed by atoms with Gasteiger partial charge in [-0.25, -0.2) is 0 Å². The van der Waals surface area contributed by atoms with Crippen molar-refractivity contribution in [3.05, 3.63) is 102 Å². The lowest BCUT2D eigenvalue weighted by Gasteiger charge is -2.47. The van der Waals surface area contributed by atoms with E-state index < -0.39 is 93.8 Å². The Morgan fingerprint density at radius 1 is 0.562 bits per heavy atom. The summed E-state index contributed by atoms with van der Waals surface area (Å²) in [6.45, 7) is 6.02. The molecule has 0 nitrogen and oxygen atoms in total. The molecule has 48 heavy (non-hydrogen) atoms. The minimum Gasteiger partial charge on any atom is -0.194 e. The zero-order chi connectivity index (χ0) is 35.6. The highest BCUT2D eigenvalue weighted by atomic mass is 32.2. The van der Waals surface area contributed by atoms with E-state index in [0.717, 1.165) is 24.8 Å². The molecule has 2 aliphatic heterocycles. The van der Waals surface area contributed by atoms with E-state index in [9.17, 15) is 0 Å². The molecule has 0 radical (unpaired) electrons. The molecular weight excluding hydrogens is 721 g/mol. The van der Waals surface area contributed by atoms with Crippen LogP contribution >= 0.6 is 34.9 Å². The Balaban J connectivity index is 1.60. The van der Waals surface area contributed by atoms with Gasteiger partial charge in [0.15, 0.2) is 0 Å². The van der Waals surface area contributed by atoms with Crippen molar-refractivity contribution < 1.29 is 52.7 Å². The monoisotopic (exact) mass is 742 g/mol. The highest BCUT2D eigenvalue weighted by molar-refractivity contribution is 8.12. The number of hydrogen-bond donors (Lipinski definition) is 0. The van der Waals surface area contributed by atoms with E-state index in [-0.39, 0.29) is 22.2 Å². The second-order valence-electron chi connectivity index (χ2n) is 12.7. The van der Waals surface area contributed by atoms with Gasteiger partial charge in [0, 0.05) is 30.7 Å². The molecule has 1 saturated carbocycles. The fourth-order valence-electron chi connectivity index (χ4n) is 7.42. The van der Waals surface area contributed by atoms with E-state index in [2.05, 4.69) is 0 Å². The average molecular weight is 743 g/mol. The smallest absolute Gasteiger partial charge is 0.194 e. The number of halogens is 12. The van der Waals surface area contributed by atoms with E-state index >= 15 is 52.7 Å². The van der Waals surface area contributed by atoms with E-state index in [1.165, 1.54) is 33.8 Å². The number of allylic oxidation sites excluding steroid dienone is 6. The zero-order valence-corrected chi connectivity index (χ0v) is 27.8. The van der Waals surface area contributed by atoms with Gasteiger partial charge in [-0.15, -0.1) is 34.9 Å². The van der Waals surface area contributed by atoms with Crippen LogP contribution in [0.3, 0.4) is 0 Å². The number of thioether (sulfide) groups is 2. The van der Waals surface area contributed by atoms with Crippen molar-refractivity contribution in [2.75, 3.05) is 0 Å². The van der Waals surface area contributed by atoms with Crippen molar-refractivity contribution in [1.82, 2.24) is 0 Å². The standard InChI is InChI=1S/C33H22F12S3/c1-13-11-14(2)46-24(13)22-23(31(40,41)33(44,45)30(22,38)39)25-15(3)19-21-20(28(34,35)32(42,43)29(21,36)37)17-12-18(16-9-7-6-8-10-16)47-26(17,4)27(19,5)48-25/h6-12H,1-5H3/t26-,27-/m1/s1. The average Bonchev–Trinajstić information content (AvgIpc) is 3.64. The molecule has 1 fully saturated rings. The highest BCUT2D eigenvalue weighted by Crippen LogP contribution is 2.78. The maximum Gasteiger partial charge on any atom is 0.380 e. The van der Waals surface area contributed by atoms with Gasteiger partial charge < -0.3 is 0 Å². The lowest BCUT2D eigenvalue weighted by Crippen LogP contribution is -2.49. The van der Waals surface area contributed by atoms with Crippen molar-refractivity contribution in [1.29, 1.82) is 0 Å². The Kier molecular flexibility index (Phi) is 6.66. The number of aryl methyl sites for hydroxylation is 2. The first kappa shape index (κ1) is 34.0. The maximum absolute atomic E-state index is 15.9. The molecule has 3 heterocycles. The molecule has 15 heteroatoms. The Bertz CT molecular complexity index is 1990. The minimum absolute atomic E-state index is 0.0343. The largest absolute Gasteiger partial charge is 0.380 e. The first-order valence-electron chi connectivity index (χ1n) is 14.3. The summed E-state index contributed by atoms with van der Waals surface area (Å²) in [5.41, 5.74) is -9.00. The predicted molar refractivity (Wildman–Crippen MR) is 164 cm³/mol. The molecule has 5 aliphatic rings. The van der Waals surface area contributed by atoms with Crippen LogP contribution in [0.15, 0.2) is 80.8 Å². The maximum atomic E-state index is 15.9. The van der Waals surface area contributed by atoms with Crippen LogP contribution in [-0.2, 0) is 0 Å². The van der Waals surface area contributed by atoms with Crippen LogP contribution in [0.5, 0.6) is 0 Å². The molecule has 0 amide bonds. The van der Waals surface area contributed by atoms with E-state index in [4.69, 9.17) is 0 Å². The lowest BCUT2D eigenvalue weighted by atomic mass is 9.69. The van der Waals surface area contributed by atoms with Gasteiger partial charge in [-0.1, -0.05) is 30.3 Å². The molecule has 3 aliphatic carbocycles. The summed E-state index contributed by atoms with van der Waals surface area (Å²) in [6.07, 6.45) is 1.07. The number of rotatable bonds is 3. The van der Waals surface area contributed by atoms with Gasteiger partial charge in [-0.2, -0.15) is 52.7 Å². The molecule has 0 unspecified atom stereocenters. The third-order valence-electron chi connectivity index (χ3n) is 9.92. The third-order valence-corrected chi connectivity index (χ3v) is 14.6. The van der Waals surface area contributed by atoms with Crippen LogP contribution in [0.2, 0.25) is 0 Å². The molecular formula is C33H22F12S3. The molecule has 1 aromatic carbocycles. The van der Waals surface area contributed by atoms with Crippen molar-refractivity contribution in [3.8, 4) is 0 Å². The molecule has 2 aromatic rings. The fourth-order valence-corrected chi connectivity index (χ4v) is 11.9. The number of hydrogen-bond acceptors (Lipinski definition) is 3. The van der Waals surface area contributed by atoms with E-state index in [1.807, 2.05) is 0 Å². The van der Waals surface area contributed by atoms with E-state index in [1.54, 1.807) is 30.3 Å². The van der Waals surface area contributed by atoms with Crippen molar-refractivity contribution in [2.45, 2.75) is 79.6 Å². The van der Waals surface area contributed by atoms with Gasteiger partial charge in [-0.05, 0) is 74.6 Å². The number of alkyl halides is 12. The summed E-state index contributed by atoms with van der Waals surface area (Å²) in [4.78, 5) is -1.05. The van der Waals surface area contributed by atoms with Gasteiger partial charge in [-0.3, -0.25) is 0 Å². The highest BCUT2D eigenvalue weighted by Gasteiger charge is 2.85. The Morgan fingerprint density at radius 2 is 1.08 bits per heavy atom. The van der Waals surface area contributed by atoms with Crippen LogP contribution < -0.4 is 0 Å². The molecule has 2 atom stereocenters. The van der Waals surface area contributed by atoms with Gasteiger partial charge >= 0.3 is 35.5 Å². The van der Waals surface area contributed by atoms with Crippen LogP contribution in [-0.4, -0.2) is 45.0 Å². The second kappa shape index (κ2) is 9.42. The molecule has 0 N–H and O–H groups in total. The molecule has 256 valence electrons. The number of thiophene rings is 1. The normalized spacial score (nSPS) is 31.8. The third kappa shape index (κ3) is 3.56. The molecule has 0 spiro atoms. The second-order valence-corrected chi connectivity index (χ2v) is 16.8. The zero-order valence-electron chi connectivity index (χ0n) is 25.3. The van der Waals surface area contributed by atoms with Crippen LogP contribution in [0.25, 0.3) is 10.5 Å². The lowest BCUT2D eigenvalue weighted by molar-refractivity contribution is -0.259. The summed E-state index contributed by atoms with van der Waals surface area (Å²) in [5, 5.41) is 0. The fraction of sp³-hybridized carbons (Fsp3) is 0.394. The quantitative estimate of drug-likeness (QED) is 0.287. The van der Waals surface area contributed by atoms with Crippen molar-refractivity contribution in [2.24, 2.45) is 0 Å². The first-order chi connectivity index (χ1) is 21.8. The van der Waals surface area contributed by atoms with E-state index in [0.29, 0.717) is 21.8 Å². The van der Waals surface area contributed by atoms with Crippen molar-refractivity contribution in [3.63, 3.8) is 0 Å². The minimum atomic E-state index is -5.99. The van der Waals surface area contributed by atoms with Gasteiger partial charge in [0.2, 0.25) is 0 Å². The number of fused-ring (bicyclic) bond motifs is 4. The van der Waals surface area contributed by atoms with Gasteiger partial charge in [0.05, 0.1) is 20.6 Å². The SMILES string of the molecule is CC1=C(C2=C(c3sc(C)cc3C)C(F)(F)C(F)(F)C2(F)F)S[C@]2(C)C1=C1C(=C3C=C(c4ccccc4)S[C@]32C)C(F)(F)C(F)(F)C1(F)F. The van der Waals surface area contributed by atoms with Crippen LogP contribution in [0, 0.1) is 13.8 Å². The summed E-state index contributed by atoms with van der Waals surface area (Å²) in [7, 11) is 0. The summed E-state index contributed by atoms with van der Waals surface area (Å²) >= 11 is 1.62. The molecule has 1 aromatic heterocycles. The Morgan fingerprint density at radius 3 is 1.62 bits per heavy atom. The van der Waals surface area contributed by atoms with Crippen molar-refractivity contribution >= 4 is 45.3 Å². The first-order valence-corrected chi connectivity index (χ1v) is 16.8. The summed E-state index contributed by atoms with van der Waals surface area (Å²) < 4.78 is 183. The Hall–Kier alpha value is -2.52. The van der Waals surface area contributed by atoms with Gasteiger partial charge in [0.1, 0.15) is 0 Å².